The lowest BCUT2D eigenvalue weighted by Crippen LogP contribution is -2.55. The molecule has 4 aromatic carbocycles. The number of nitrogens with zero attached hydrogens (tertiary/aromatic N) is 1. The lowest BCUT2D eigenvalue weighted by molar-refractivity contribution is -0.117. The number of rotatable bonds is 6. The third-order valence-corrected chi connectivity index (χ3v) is 7.96. The van der Waals surface area contributed by atoms with Gasteiger partial charge in [0.2, 0.25) is 5.91 Å². The Bertz CT molecular complexity index is 1530. The monoisotopic (exact) mass is 531 g/mol. The molecule has 0 aliphatic carbocycles. The van der Waals surface area contributed by atoms with Crippen LogP contribution in [0.3, 0.4) is 0 Å². The molecule has 0 saturated heterocycles. The summed E-state index contributed by atoms with van der Waals surface area (Å²) in [6, 6.07) is 32.3. The Balaban J connectivity index is 1.58. The Kier molecular flexibility index (Phi) is 7.24. The second-order valence-electron chi connectivity index (χ2n) is 11.4. The maximum Gasteiger partial charge on any atom is 0.255 e. The van der Waals surface area contributed by atoms with Crippen molar-refractivity contribution < 1.29 is 9.59 Å². The predicted molar refractivity (Wildman–Crippen MR) is 165 cm³/mol. The van der Waals surface area contributed by atoms with Crippen LogP contribution in [0.15, 0.2) is 97.1 Å². The summed E-state index contributed by atoms with van der Waals surface area (Å²) in [7, 11) is 0. The van der Waals surface area contributed by atoms with Gasteiger partial charge in [-0.05, 0) is 73.7 Å². The van der Waals surface area contributed by atoms with E-state index in [1.807, 2.05) is 66.4 Å². The van der Waals surface area contributed by atoms with Gasteiger partial charge in [-0.15, -0.1) is 0 Å². The molecule has 0 bridgehead atoms. The number of anilines is 3. The number of hydrogen-bond donors (Lipinski definition) is 2. The number of fused-ring (bicyclic) bond motifs is 1. The van der Waals surface area contributed by atoms with Crippen molar-refractivity contribution >= 4 is 28.9 Å². The number of amides is 2. The van der Waals surface area contributed by atoms with Gasteiger partial charge in [0.15, 0.2) is 0 Å². The Morgan fingerprint density at radius 3 is 2.00 bits per heavy atom. The Hall–Kier alpha value is -4.38. The van der Waals surface area contributed by atoms with E-state index in [1.165, 1.54) is 5.56 Å². The van der Waals surface area contributed by atoms with Gasteiger partial charge >= 0.3 is 0 Å². The average Bonchev–Trinajstić information content (AvgIpc) is 2.94. The van der Waals surface area contributed by atoms with Crippen molar-refractivity contribution in [3.8, 4) is 11.1 Å². The van der Waals surface area contributed by atoms with E-state index < -0.39 is 5.54 Å². The van der Waals surface area contributed by atoms with Crippen LogP contribution >= 0.6 is 0 Å². The molecule has 2 N–H and O–H groups in total. The van der Waals surface area contributed by atoms with Gasteiger partial charge in [0.25, 0.3) is 5.91 Å². The second-order valence-corrected chi connectivity index (χ2v) is 11.4. The molecule has 0 aromatic heterocycles. The van der Waals surface area contributed by atoms with Crippen molar-refractivity contribution in [2.24, 2.45) is 0 Å². The highest BCUT2D eigenvalue weighted by Crippen LogP contribution is 2.52. The average molecular weight is 532 g/mol. The highest BCUT2D eigenvalue weighted by Gasteiger charge is 2.47. The molecule has 2 amide bonds. The quantitative estimate of drug-likeness (QED) is 0.266. The molecular weight excluding hydrogens is 494 g/mol. The fraction of sp³-hybridized carbons (Fsp3) is 0.257. The largest absolute Gasteiger partial charge is 0.384 e. The van der Waals surface area contributed by atoms with Gasteiger partial charge in [-0.25, -0.2) is 0 Å². The van der Waals surface area contributed by atoms with Crippen molar-refractivity contribution in [2.45, 2.75) is 52.0 Å². The van der Waals surface area contributed by atoms with Crippen molar-refractivity contribution in [3.05, 3.63) is 114 Å². The SMILES string of the molecule is CCNc1cc2c(cc1NC(=O)c1ccc(-c3ccccc3)cc1)C(C)(c1ccccc1)CC(C)(C)N2C(C)=O. The molecule has 0 spiro atoms. The third kappa shape index (κ3) is 5.00. The van der Waals surface area contributed by atoms with Gasteiger partial charge in [0.1, 0.15) is 0 Å². The van der Waals surface area contributed by atoms with Crippen LogP contribution in [0.4, 0.5) is 17.1 Å². The van der Waals surface area contributed by atoms with Gasteiger partial charge in [-0.2, -0.15) is 0 Å². The summed E-state index contributed by atoms with van der Waals surface area (Å²) in [4.78, 5) is 28.4. The van der Waals surface area contributed by atoms with E-state index >= 15 is 0 Å². The molecule has 0 radical (unpaired) electrons. The molecule has 0 fully saturated rings. The van der Waals surface area contributed by atoms with E-state index in [2.05, 4.69) is 73.9 Å². The summed E-state index contributed by atoms with van der Waals surface area (Å²) in [6.07, 6.45) is 0.742. The summed E-state index contributed by atoms with van der Waals surface area (Å²) < 4.78 is 0. The highest BCUT2D eigenvalue weighted by atomic mass is 16.2. The number of hydrogen-bond acceptors (Lipinski definition) is 3. The summed E-state index contributed by atoms with van der Waals surface area (Å²) >= 11 is 0. The first-order valence-electron chi connectivity index (χ1n) is 13.9. The zero-order valence-electron chi connectivity index (χ0n) is 23.9. The maximum atomic E-state index is 13.5. The first-order chi connectivity index (χ1) is 19.1. The number of nitrogens with one attached hydrogen (secondary N) is 2. The van der Waals surface area contributed by atoms with E-state index in [0.717, 1.165) is 34.5 Å². The first kappa shape index (κ1) is 27.2. The van der Waals surface area contributed by atoms with Crippen LogP contribution in [0.2, 0.25) is 0 Å². The highest BCUT2D eigenvalue weighted by molar-refractivity contribution is 6.07. The van der Waals surface area contributed by atoms with Crippen molar-refractivity contribution in [2.75, 3.05) is 22.1 Å². The van der Waals surface area contributed by atoms with Crippen LogP contribution in [0.25, 0.3) is 11.1 Å². The lowest BCUT2D eigenvalue weighted by atomic mass is 9.65. The molecule has 1 heterocycles. The van der Waals surface area contributed by atoms with Gasteiger partial charge in [-0.1, -0.05) is 79.7 Å². The van der Waals surface area contributed by atoms with Gasteiger partial charge in [0.05, 0.1) is 17.1 Å². The minimum Gasteiger partial charge on any atom is -0.384 e. The van der Waals surface area contributed by atoms with E-state index in [1.54, 1.807) is 6.92 Å². The van der Waals surface area contributed by atoms with Gasteiger partial charge < -0.3 is 15.5 Å². The molecule has 1 aliphatic rings. The van der Waals surface area contributed by atoms with E-state index in [-0.39, 0.29) is 17.2 Å². The van der Waals surface area contributed by atoms with Crippen molar-refractivity contribution in [1.29, 1.82) is 0 Å². The zero-order valence-corrected chi connectivity index (χ0v) is 23.9. The second kappa shape index (κ2) is 10.6. The molecule has 5 heteroatoms. The van der Waals surface area contributed by atoms with Crippen molar-refractivity contribution in [3.63, 3.8) is 0 Å². The fourth-order valence-electron chi connectivity index (χ4n) is 6.32. The van der Waals surface area contributed by atoms with Gasteiger partial charge in [-0.3, -0.25) is 9.59 Å². The molecule has 0 saturated carbocycles. The summed E-state index contributed by atoms with van der Waals surface area (Å²) in [5.41, 5.74) is 6.53. The van der Waals surface area contributed by atoms with Crippen LogP contribution < -0.4 is 15.5 Å². The predicted octanol–water partition coefficient (Wildman–Crippen LogP) is 7.88. The standard InChI is InChI=1S/C35H37N3O2/c1-6-36-30-22-32-29(35(5,28-15-11-8-12-16-28)23-34(3,4)38(32)24(2)39)21-31(30)37-33(40)27-19-17-26(18-20-27)25-13-9-7-10-14-25/h7-22,36H,6,23H2,1-5H3,(H,37,40). The van der Waals surface area contributed by atoms with Crippen molar-refractivity contribution in [1.82, 2.24) is 0 Å². The number of benzene rings is 4. The van der Waals surface area contributed by atoms with E-state index in [0.29, 0.717) is 17.8 Å². The maximum absolute atomic E-state index is 13.5. The molecule has 5 rings (SSSR count). The summed E-state index contributed by atoms with van der Waals surface area (Å²) in [6.45, 7) is 10.8. The zero-order chi connectivity index (χ0) is 28.5. The van der Waals surface area contributed by atoms with E-state index in [9.17, 15) is 9.59 Å². The number of carbonyl (C=O) groups excluding carboxylic acids is 2. The minimum atomic E-state index is -0.405. The molecule has 1 unspecified atom stereocenters. The van der Waals surface area contributed by atoms with Crippen LogP contribution in [0.5, 0.6) is 0 Å². The van der Waals surface area contributed by atoms with Crippen LogP contribution in [0.1, 0.15) is 62.5 Å². The van der Waals surface area contributed by atoms with E-state index in [4.69, 9.17) is 0 Å². The molecule has 4 aromatic rings. The third-order valence-electron chi connectivity index (χ3n) is 7.96. The minimum absolute atomic E-state index is 0.000832. The fourth-order valence-corrected chi connectivity index (χ4v) is 6.32. The molecule has 5 nitrogen and oxygen atoms in total. The molecule has 1 atom stereocenters. The molecule has 1 aliphatic heterocycles. The first-order valence-corrected chi connectivity index (χ1v) is 13.9. The smallest absolute Gasteiger partial charge is 0.255 e. The topological polar surface area (TPSA) is 61.4 Å². The Morgan fingerprint density at radius 1 is 0.800 bits per heavy atom. The number of carbonyl (C=O) groups is 2. The summed E-state index contributed by atoms with van der Waals surface area (Å²) in [5, 5.41) is 6.59. The summed E-state index contributed by atoms with van der Waals surface area (Å²) in [5.74, 6) is -0.182. The van der Waals surface area contributed by atoms with Crippen LogP contribution in [-0.4, -0.2) is 23.9 Å². The normalized spacial score (nSPS) is 17.6. The molecule has 204 valence electrons. The Labute approximate surface area is 237 Å². The Morgan fingerprint density at radius 2 is 1.40 bits per heavy atom. The van der Waals surface area contributed by atoms with Gasteiger partial charge in [0, 0.05) is 30.0 Å². The lowest BCUT2D eigenvalue weighted by Gasteiger charge is -2.51. The van der Waals surface area contributed by atoms with Crippen LogP contribution in [-0.2, 0) is 10.2 Å². The molecular formula is C35H37N3O2. The molecule has 40 heavy (non-hydrogen) atoms. The van der Waals surface area contributed by atoms with Crippen LogP contribution in [0, 0.1) is 0 Å².